The molecule has 1 atom stereocenters. The van der Waals surface area contributed by atoms with E-state index in [-0.39, 0.29) is 5.92 Å². The van der Waals surface area contributed by atoms with E-state index >= 15 is 0 Å². The van der Waals surface area contributed by atoms with Crippen LogP contribution in [-0.2, 0) is 4.79 Å². The first-order valence-corrected chi connectivity index (χ1v) is 4.33. The molecule has 13 heavy (non-hydrogen) atoms. The number of aromatic amines is 1. The van der Waals surface area contributed by atoms with Crippen molar-refractivity contribution < 1.29 is 4.79 Å². The monoisotopic (exact) mass is 173 g/mol. The van der Waals surface area contributed by atoms with E-state index in [1.807, 2.05) is 37.4 Å². The van der Waals surface area contributed by atoms with E-state index in [0.717, 1.165) is 17.4 Å². The predicted molar refractivity (Wildman–Crippen MR) is 52.8 cm³/mol. The van der Waals surface area contributed by atoms with Crippen molar-refractivity contribution in [1.29, 1.82) is 0 Å². The van der Waals surface area contributed by atoms with E-state index < -0.39 is 0 Å². The summed E-state index contributed by atoms with van der Waals surface area (Å²) in [5.41, 5.74) is 2.15. The number of benzene rings is 1. The number of hydrogen-bond acceptors (Lipinski definition) is 1. The van der Waals surface area contributed by atoms with Gasteiger partial charge in [0.2, 0.25) is 0 Å². The largest absolute Gasteiger partial charge is 0.361 e. The molecule has 2 nitrogen and oxygen atoms in total. The zero-order valence-electron chi connectivity index (χ0n) is 7.45. The Bertz CT molecular complexity index is 430. The van der Waals surface area contributed by atoms with E-state index in [4.69, 9.17) is 0 Å². The minimum absolute atomic E-state index is 0.0206. The number of hydrogen-bond donors (Lipinski definition) is 1. The van der Waals surface area contributed by atoms with Gasteiger partial charge < -0.3 is 9.78 Å². The van der Waals surface area contributed by atoms with E-state index in [2.05, 4.69) is 4.98 Å². The van der Waals surface area contributed by atoms with Crippen LogP contribution in [0.25, 0.3) is 10.9 Å². The van der Waals surface area contributed by atoms with Crippen LogP contribution < -0.4 is 0 Å². The number of carbonyl (C=O) groups is 1. The van der Waals surface area contributed by atoms with E-state index in [0.29, 0.717) is 0 Å². The second kappa shape index (κ2) is 3.05. The fourth-order valence-electron chi connectivity index (χ4n) is 1.43. The van der Waals surface area contributed by atoms with Gasteiger partial charge in [-0.15, -0.1) is 0 Å². The molecule has 0 spiro atoms. The zero-order valence-corrected chi connectivity index (χ0v) is 7.45. The molecule has 1 heterocycles. The summed E-state index contributed by atoms with van der Waals surface area (Å²) in [7, 11) is 0. The number of H-pyrrole nitrogens is 1. The molecule has 0 bridgehead atoms. The molecular weight excluding hydrogens is 162 g/mol. The van der Waals surface area contributed by atoms with Crippen molar-refractivity contribution in [3.8, 4) is 0 Å². The van der Waals surface area contributed by atoms with Crippen molar-refractivity contribution in [3.63, 3.8) is 0 Å². The molecule has 0 aliphatic rings. The third-order valence-electron chi connectivity index (χ3n) is 2.31. The second-order valence-electron chi connectivity index (χ2n) is 3.25. The van der Waals surface area contributed by atoms with Crippen molar-refractivity contribution in [1.82, 2.24) is 4.98 Å². The fraction of sp³-hybridized carbons (Fsp3) is 0.182. The van der Waals surface area contributed by atoms with Gasteiger partial charge >= 0.3 is 0 Å². The van der Waals surface area contributed by atoms with Crippen molar-refractivity contribution in [2.45, 2.75) is 12.8 Å². The van der Waals surface area contributed by atoms with Crippen LogP contribution in [-0.4, -0.2) is 11.3 Å². The molecule has 0 saturated heterocycles. The summed E-state index contributed by atoms with van der Waals surface area (Å²) in [5, 5.41) is 1.18. The van der Waals surface area contributed by atoms with Crippen LogP contribution in [0.3, 0.4) is 0 Å². The predicted octanol–water partition coefficient (Wildman–Crippen LogP) is 2.47. The highest BCUT2D eigenvalue weighted by molar-refractivity contribution is 5.81. The number of rotatable bonds is 2. The van der Waals surface area contributed by atoms with Crippen LogP contribution in [0.4, 0.5) is 0 Å². The lowest BCUT2D eigenvalue weighted by atomic mass is 10.0. The average molecular weight is 173 g/mol. The Hall–Kier alpha value is -1.57. The number of nitrogens with one attached hydrogen (secondary N) is 1. The minimum atomic E-state index is -0.0206. The maximum absolute atomic E-state index is 10.6. The zero-order chi connectivity index (χ0) is 9.26. The first kappa shape index (κ1) is 8.05. The number of aromatic nitrogens is 1. The summed E-state index contributed by atoms with van der Waals surface area (Å²) in [6, 6.07) is 8.06. The van der Waals surface area contributed by atoms with Crippen molar-refractivity contribution >= 4 is 17.2 Å². The van der Waals surface area contributed by atoms with E-state index in [9.17, 15) is 4.79 Å². The normalized spacial score (nSPS) is 13.0. The van der Waals surface area contributed by atoms with Crippen molar-refractivity contribution in [3.05, 3.63) is 36.0 Å². The molecule has 66 valence electrons. The summed E-state index contributed by atoms with van der Waals surface area (Å²) in [4.78, 5) is 13.7. The molecule has 0 radical (unpaired) electrons. The highest BCUT2D eigenvalue weighted by Gasteiger charge is 2.04. The summed E-state index contributed by atoms with van der Waals surface area (Å²) in [6.07, 6.45) is 2.87. The molecule has 1 aromatic heterocycles. The lowest BCUT2D eigenvalue weighted by Gasteiger charge is -2.02. The summed E-state index contributed by atoms with van der Waals surface area (Å²) < 4.78 is 0. The maximum atomic E-state index is 10.6. The Kier molecular flexibility index (Phi) is 1.89. The average Bonchev–Trinajstić information content (AvgIpc) is 2.63. The second-order valence-corrected chi connectivity index (χ2v) is 3.25. The van der Waals surface area contributed by atoms with Gasteiger partial charge in [-0.2, -0.15) is 0 Å². The van der Waals surface area contributed by atoms with Crippen LogP contribution in [0.2, 0.25) is 0 Å². The van der Waals surface area contributed by atoms with Crippen molar-refractivity contribution in [2.24, 2.45) is 0 Å². The molecule has 0 saturated carbocycles. The Balaban J connectivity index is 2.53. The van der Waals surface area contributed by atoms with Crippen molar-refractivity contribution in [2.75, 3.05) is 0 Å². The molecule has 0 fully saturated rings. The first-order chi connectivity index (χ1) is 6.31. The quantitative estimate of drug-likeness (QED) is 0.695. The smallest absolute Gasteiger partial charge is 0.127 e. The third-order valence-corrected chi connectivity index (χ3v) is 2.31. The number of carbonyl (C=O) groups excluding carboxylic acids is 1. The molecule has 0 aliphatic heterocycles. The first-order valence-electron chi connectivity index (χ1n) is 4.33. The molecule has 1 N–H and O–H groups in total. The summed E-state index contributed by atoms with van der Waals surface area (Å²) in [5.74, 6) is -0.0206. The van der Waals surface area contributed by atoms with Gasteiger partial charge in [0, 0.05) is 17.6 Å². The molecule has 2 aromatic rings. The lowest BCUT2D eigenvalue weighted by molar-refractivity contribution is -0.108. The number of aldehydes is 1. The van der Waals surface area contributed by atoms with Gasteiger partial charge in [-0.05, 0) is 23.1 Å². The minimum Gasteiger partial charge on any atom is -0.361 e. The van der Waals surface area contributed by atoms with Gasteiger partial charge in [-0.25, -0.2) is 0 Å². The maximum Gasteiger partial charge on any atom is 0.127 e. The van der Waals surface area contributed by atoms with Gasteiger partial charge in [0.05, 0.1) is 0 Å². The molecule has 2 heteroatoms. The van der Waals surface area contributed by atoms with Crippen LogP contribution in [0.5, 0.6) is 0 Å². The Morgan fingerprint density at radius 1 is 1.38 bits per heavy atom. The highest BCUT2D eigenvalue weighted by atomic mass is 16.1. The lowest BCUT2D eigenvalue weighted by Crippen LogP contribution is -1.93. The van der Waals surface area contributed by atoms with Gasteiger partial charge in [-0.1, -0.05) is 19.1 Å². The van der Waals surface area contributed by atoms with Gasteiger partial charge in [0.1, 0.15) is 6.29 Å². The highest BCUT2D eigenvalue weighted by Crippen LogP contribution is 2.19. The van der Waals surface area contributed by atoms with Crippen LogP contribution in [0, 0.1) is 0 Å². The molecule has 1 aromatic carbocycles. The molecule has 0 aliphatic carbocycles. The third kappa shape index (κ3) is 1.35. The van der Waals surface area contributed by atoms with Gasteiger partial charge in [-0.3, -0.25) is 0 Å². The Morgan fingerprint density at radius 2 is 2.23 bits per heavy atom. The summed E-state index contributed by atoms with van der Waals surface area (Å²) in [6.45, 7) is 1.90. The Morgan fingerprint density at radius 3 is 3.00 bits per heavy atom. The van der Waals surface area contributed by atoms with Gasteiger partial charge in [0.15, 0.2) is 0 Å². The molecule has 0 amide bonds. The molecule has 1 unspecified atom stereocenters. The SMILES string of the molecule is CC(C=O)c1ccc2cc[nH]c2c1. The van der Waals surface area contributed by atoms with Crippen LogP contribution in [0.1, 0.15) is 18.4 Å². The van der Waals surface area contributed by atoms with Crippen LogP contribution >= 0.6 is 0 Å². The summed E-state index contributed by atoms with van der Waals surface area (Å²) >= 11 is 0. The molecule has 2 rings (SSSR count). The molecular formula is C11H11NO. The number of fused-ring (bicyclic) bond motifs is 1. The van der Waals surface area contributed by atoms with E-state index in [1.54, 1.807) is 0 Å². The standard InChI is InChI=1S/C11H11NO/c1-8(7-13)10-3-2-9-4-5-12-11(9)6-10/h2-8,12H,1H3. The van der Waals surface area contributed by atoms with E-state index in [1.165, 1.54) is 5.39 Å². The fourth-order valence-corrected chi connectivity index (χ4v) is 1.43. The van der Waals surface area contributed by atoms with Gasteiger partial charge in [0.25, 0.3) is 0 Å². The topological polar surface area (TPSA) is 32.9 Å². The van der Waals surface area contributed by atoms with Crippen LogP contribution in [0.15, 0.2) is 30.5 Å². The Labute approximate surface area is 76.6 Å².